The van der Waals surface area contributed by atoms with Crippen LogP contribution in [0.15, 0.2) is 35.2 Å². The van der Waals surface area contributed by atoms with Crippen LogP contribution in [0.3, 0.4) is 0 Å². The van der Waals surface area contributed by atoms with Gasteiger partial charge in [0, 0.05) is 10.6 Å². The van der Waals surface area contributed by atoms with Gasteiger partial charge in [-0.2, -0.15) is 0 Å². The van der Waals surface area contributed by atoms with Crippen LogP contribution in [0.1, 0.15) is 0 Å². The van der Waals surface area contributed by atoms with Crippen molar-refractivity contribution in [1.29, 1.82) is 0 Å². The standard InChI is InChI=1S/C9H5Cl2NO/c10-6-1-2-7(8(11)3-6)9-4-12-5-13-9/h1-5H. The van der Waals surface area contributed by atoms with Gasteiger partial charge in [0.15, 0.2) is 12.2 Å². The molecular weight excluding hydrogens is 209 g/mol. The van der Waals surface area contributed by atoms with E-state index < -0.39 is 0 Å². The predicted molar refractivity (Wildman–Crippen MR) is 52.0 cm³/mol. The number of nitrogens with zero attached hydrogens (tertiary/aromatic N) is 1. The second kappa shape index (κ2) is 3.40. The van der Waals surface area contributed by atoms with E-state index in [0.717, 1.165) is 5.56 Å². The van der Waals surface area contributed by atoms with Gasteiger partial charge in [0.1, 0.15) is 0 Å². The fourth-order valence-corrected chi connectivity index (χ4v) is 1.54. The van der Waals surface area contributed by atoms with Gasteiger partial charge in [-0.3, -0.25) is 0 Å². The lowest BCUT2D eigenvalue weighted by atomic mass is 10.2. The molecule has 0 bridgehead atoms. The van der Waals surface area contributed by atoms with Crippen molar-refractivity contribution >= 4 is 23.2 Å². The van der Waals surface area contributed by atoms with Crippen molar-refractivity contribution in [2.24, 2.45) is 0 Å². The predicted octanol–water partition coefficient (Wildman–Crippen LogP) is 3.65. The second-order valence-corrected chi connectivity index (χ2v) is 3.33. The molecule has 0 N–H and O–H groups in total. The van der Waals surface area contributed by atoms with Gasteiger partial charge in [-0.1, -0.05) is 23.2 Å². The lowest BCUT2D eigenvalue weighted by Crippen LogP contribution is -1.75. The molecule has 0 atom stereocenters. The number of hydrogen-bond donors (Lipinski definition) is 0. The van der Waals surface area contributed by atoms with Gasteiger partial charge in [-0.05, 0) is 18.2 Å². The van der Waals surface area contributed by atoms with E-state index in [9.17, 15) is 0 Å². The molecule has 2 rings (SSSR count). The average Bonchev–Trinajstić information content (AvgIpc) is 2.56. The van der Waals surface area contributed by atoms with E-state index in [1.807, 2.05) is 0 Å². The third kappa shape index (κ3) is 1.69. The molecule has 1 heterocycles. The van der Waals surface area contributed by atoms with E-state index in [1.54, 1.807) is 24.4 Å². The van der Waals surface area contributed by atoms with Crippen molar-refractivity contribution in [2.75, 3.05) is 0 Å². The van der Waals surface area contributed by atoms with Crippen molar-refractivity contribution in [3.63, 3.8) is 0 Å². The van der Waals surface area contributed by atoms with Crippen LogP contribution in [0.5, 0.6) is 0 Å². The summed E-state index contributed by atoms with van der Waals surface area (Å²) in [6.07, 6.45) is 2.97. The zero-order valence-corrected chi connectivity index (χ0v) is 8.01. The van der Waals surface area contributed by atoms with Crippen LogP contribution in [-0.2, 0) is 0 Å². The highest BCUT2D eigenvalue weighted by atomic mass is 35.5. The number of rotatable bonds is 1. The van der Waals surface area contributed by atoms with Gasteiger partial charge >= 0.3 is 0 Å². The summed E-state index contributed by atoms with van der Waals surface area (Å²) in [4.78, 5) is 3.80. The molecule has 66 valence electrons. The molecule has 0 saturated heterocycles. The Morgan fingerprint density at radius 2 is 2.08 bits per heavy atom. The minimum Gasteiger partial charge on any atom is -0.443 e. The van der Waals surface area contributed by atoms with Crippen LogP contribution >= 0.6 is 23.2 Å². The van der Waals surface area contributed by atoms with Gasteiger partial charge in [-0.25, -0.2) is 4.98 Å². The molecule has 2 aromatic rings. The van der Waals surface area contributed by atoms with Crippen LogP contribution in [0.2, 0.25) is 10.0 Å². The Hall–Kier alpha value is -0.990. The number of hydrogen-bond acceptors (Lipinski definition) is 2. The monoisotopic (exact) mass is 213 g/mol. The van der Waals surface area contributed by atoms with Crippen LogP contribution in [-0.4, -0.2) is 4.98 Å². The van der Waals surface area contributed by atoms with Crippen molar-refractivity contribution in [3.8, 4) is 11.3 Å². The molecule has 1 aromatic heterocycles. The molecule has 0 aliphatic heterocycles. The van der Waals surface area contributed by atoms with Crippen LogP contribution in [0, 0.1) is 0 Å². The fraction of sp³-hybridized carbons (Fsp3) is 0. The van der Waals surface area contributed by atoms with Crippen molar-refractivity contribution in [3.05, 3.63) is 40.8 Å². The van der Waals surface area contributed by atoms with E-state index >= 15 is 0 Å². The summed E-state index contributed by atoms with van der Waals surface area (Å²) in [5.41, 5.74) is 0.795. The van der Waals surface area contributed by atoms with E-state index in [-0.39, 0.29) is 0 Å². The Morgan fingerprint density at radius 3 is 2.69 bits per heavy atom. The summed E-state index contributed by atoms with van der Waals surface area (Å²) in [5.74, 6) is 0.640. The van der Waals surface area contributed by atoms with Gasteiger partial charge in [0.25, 0.3) is 0 Å². The Bertz CT molecular complexity index is 412. The minimum atomic E-state index is 0.559. The highest BCUT2D eigenvalue weighted by molar-refractivity contribution is 6.36. The Labute approximate surface area is 85.1 Å². The first kappa shape index (κ1) is 8.60. The number of benzene rings is 1. The lowest BCUT2D eigenvalue weighted by molar-refractivity contribution is 0.572. The normalized spacial score (nSPS) is 10.3. The first-order valence-electron chi connectivity index (χ1n) is 3.61. The third-order valence-corrected chi connectivity index (χ3v) is 2.18. The highest BCUT2D eigenvalue weighted by Gasteiger charge is 2.06. The van der Waals surface area contributed by atoms with E-state index in [4.69, 9.17) is 27.6 Å². The molecule has 0 radical (unpaired) electrons. The Balaban J connectivity index is 2.53. The molecule has 0 unspecified atom stereocenters. The zero-order valence-electron chi connectivity index (χ0n) is 6.50. The molecule has 13 heavy (non-hydrogen) atoms. The summed E-state index contributed by atoms with van der Waals surface area (Å²) in [6, 6.07) is 5.22. The first-order valence-corrected chi connectivity index (χ1v) is 4.37. The minimum absolute atomic E-state index is 0.559. The molecule has 0 fully saturated rings. The fourth-order valence-electron chi connectivity index (χ4n) is 1.04. The van der Waals surface area contributed by atoms with E-state index in [2.05, 4.69) is 4.98 Å². The van der Waals surface area contributed by atoms with Gasteiger partial charge in [0.05, 0.1) is 11.2 Å². The van der Waals surface area contributed by atoms with Gasteiger partial charge in [0.2, 0.25) is 0 Å². The van der Waals surface area contributed by atoms with Crippen LogP contribution < -0.4 is 0 Å². The lowest BCUT2D eigenvalue weighted by Gasteiger charge is -1.99. The number of oxazole rings is 1. The van der Waals surface area contributed by atoms with E-state index in [0.29, 0.717) is 15.8 Å². The summed E-state index contributed by atoms with van der Waals surface area (Å²) in [7, 11) is 0. The molecule has 0 aliphatic rings. The smallest absolute Gasteiger partial charge is 0.181 e. The number of halogens is 2. The second-order valence-electron chi connectivity index (χ2n) is 2.49. The average molecular weight is 214 g/mol. The van der Waals surface area contributed by atoms with E-state index in [1.165, 1.54) is 6.39 Å². The molecule has 0 aliphatic carbocycles. The van der Waals surface area contributed by atoms with Crippen LogP contribution in [0.4, 0.5) is 0 Å². The topological polar surface area (TPSA) is 26.0 Å². The van der Waals surface area contributed by atoms with Gasteiger partial charge in [-0.15, -0.1) is 0 Å². The molecule has 4 heteroatoms. The van der Waals surface area contributed by atoms with Crippen molar-refractivity contribution < 1.29 is 4.42 Å². The first-order chi connectivity index (χ1) is 6.27. The highest BCUT2D eigenvalue weighted by Crippen LogP contribution is 2.29. The molecule has 0 amide bonds. The zero-order chi connectivity index (χ0) is 9.26. The number of aromatic nitrogens is 1. The molecule has 1 aromatic carbocycles. The Kier molecular flexibility index (Phi) is 2.25. The maximum Gasteiger partial charge on any atom is 0.181 e. The van der Waals surface area contributed by atoms with Crippen molar-refractivity contribution in [2.45, 2.75) is 0 Å². The maximum atomic E-state index is 5.95. The summed E-state index contributed by atoms with van der Waals surface area (Å²) >= 11 is 11.7. The van der Waals surface area contributed by atoms with Crippen LogP contribution in [0.25, 0.3) is 11.3 Å². The molecule has 2 nitrogen and oxygen atoms in total. The third-order valence-electron chi connectivity index (χ3n) is 1.63. The molecule has 0 spiro atoms. The maximum absolute atomic E-state index is 5.95. The van der Waals surface area contributed by atoms with Gasteiger partial charge < -0.3 is 4.42 Å². The Morgan fingerprint density at radius 1 is 1.23 bits per heavy atom. The molecular formula is C9H5Cl2NO. The molecule has 0 saturated carbocycles. The summed E-state index contributed by atoms with van der Waals surface area (Å²) in [5, 5.41) is 1.16. The summed E-state index contributed by atoms with van der Waals surface area (Å²) < 4.78 is 5.10. The largest absolute Gasteiger partial charge is 0.443 e. The summed E-state index contributed by atoms with van der Waals surface area (Å²) in [6.45, 7) is 0. The van der Waals surface area contributed by atoms with Crippen molar-refractivity contribution in [1.82, 2.24) is 4.98 Å². The SMILES string of the molecule is Clc1ccc(-c2cnco2)c(Cl)c1. The quantitative estimate of drug-likeness (QED) is 0.723.